The Bertz CT molecular complexity index is 116. The summed E-state index contributed by atoms with van der Waals surface area (Å²) in [5.74, 6) is -0.291. The van der Waals surface area contributed by atoms with Gasteiger partial charge in [0.15, 0.2) is 0 Å². The van der Waals surface area contributed by atoms with Crippen LogP contribution in [0.15, 0.2) is 0 Å². The summed E-state index contributed by atoms with van der Waals surface area (Å²) < 4.78 is 9.57. The second-order valence-corrected chi connectivity index (χ2v) is 2.02. The molecule has 0 saturated heterocycles. The summed E-state index contributed by atoms with van der Waals surface area (Å²) in [5.41, 5.74) is 0. The Balaban J connectivity index is 3.65. The normalized spacial score (nSPS) is 12.6. The first-order valence-electron chi connectivity index (χ1n) is 3.59. The number of hydrogen-bond donors (Lipinski definition) is 1. The van der Waals surface area contributed by atoms with E-state index in [1.54, 1.807) is 7.05 Å². The molecule has 0 heterocycles. The zero-order valence-electron chi connectivity index (χ0n) is 7.22. The number of carbonyl (C=O) groups is 1. The number of methoxy groups -OCH3 is 1. The van der Waals surface area contributed by atoms with Crippen molar-refractivity contribution in [3.8, 4) is 0 Å². The van der Waals surface area contributed by atoms with Gasteiger partial charge in [0.25, 0.3) is 0 Å². The van der Waals surface area contributed by atoms with Crippen molar-refractivity contribution in [2.75, 3.05) is 27.4 Å². The average molecular weight is 161 g/mol. The van der Waals surface area contributed by atoms with Gasteiger partial charge in [-0.15, -0.1) is 0 Å². The second-order valence-electron chi connectivity index (χ2n) is 2.02. The molecule has 0 fully saturated rings. The molecule has 0 aliphatic rings. The molecule has 0 rings (SSSR count). The van der Waals surface area contributed by atoms with E-state index in [0.717, 1.165) is 0 Å². The van der Waals surface area contributed by atoms with Crippen molar-refractivity contribution >= 4 is 5.97 Å². The van der Waals surface area contributed by atoms with E-state index in [0.29, 0.717) is 13.2 Å². The van der Waals surface area contributed by atoms with Crippen LogP contribution in [0.3, 0.4) is 0 Å². The zero-order chi connectivity index (χ0) is 8.69. The van der Waals surface area contributed by atoms with Crippen LogP contribution in [0.1, 0.15) is 6.92 Å². The Morgan fingerprint density at radius 2 is 2.27 bits per heavy atom. The monoisotopic (exact) mass is 161 g/mol. The molecule has 0 aromatic rings. The molecular weight excluding hydrogens is 146 g/mol. The Morgan fingerprint density at radius 1 is 1.64 bits per heavy atom. The summed E-state index contributed by atoms with van der Waals surface area (Å²) in [7, 11) is 3.05. The Labute approximate surface area is 66.9 Å². The van der Waals surface area contributed by atoms with Crippen LogP contribution in [-0.2, 0) is 14.3 Å². The SMILES string of the molecule is CCOC[C@@H](NC)C(=O)OC. The fourth-order valence-electron chi connectivity index (χ4n) is 0.647. The van der Waals surface area contributed by atoms with Gasteiger partial charge in [0, 0.05) is 6.61 Å². The minimum Gasteiger partial charge on any atom is -0.468 e. The van der Waals surface area contributed by atoms with Crippen molar-refractivity contribution in [3.63, 3.8) is 0 Å². The molecule has 1 N–H and O–H groups in total. The molecule has 4 heteroatoms. The third kappa shape index (κ3) is 3.95. The molecule has 11 heavy (non-hydrogen) atoms. The van der Waals surface area contributed by atoms with Crippen LogP contribution in [-0.4, -0.2) is 39.4 Å². The summed E-state index contributed by atoms with van der Waals surface area (Å²) in [6.45, 7) is 2.85. The molecule has 1 atom stereocenters. The van der Waals surface area contributed by atoms with Crippen molar-refractivity contribution in [3.05, 3.63) is 0 Å². The standard InChI is InChI=1S/C7H15NO3/c1-4-11-5-6(8-2)7(9)10-3/h6,8H,4-5H2,1-3H3/t6-/m1/s1. The minimum atomic E-state index is -0.347. The lowest BCUT2D eigenvalue weighted by Gasteiger charge is -2.12. The maximum absolute atomic E-state index is 10.9. The Kier molecular flexibility index (Phi) is 5.78. The largest absolute Gasteiger partial charge is 0.468 e. The fourth-order valence-corrected chi connectivity index (χ4v) is 0.647. The number of carbonyl (C=O) groups excluding carboxylic acids is 1. The first-order chi connectivity index (χ1) is 5.26. The van der Waals surface area contributed by atoms with Crippen molar-refractivity contribution in [2.24, 2.45) is 0 Å². The summed E-state index contributed by atoms with van der Waals surface area (Å²) in [5, 5.41) is 2.79. The van der Waals surface area contributed by atoms with E-state index in [1.165, 1.54) is 7.11 Å². The molecule has 4 nitrogen and oxygen atoms in total. The molecule has 0 radical (unpaired) electrons. The molecule has 0 spiro atoms. The predicted octanol–water partition coefficient (Wildman–Crippen LogP) is -0.216. The lowest BCUT2D eigenvalue weighted by Crippen LogP contribution is -2.39. The molecule has 0 saturated carbocycles. The van der Waals surface area contributed by atoms with Gasteiger partial charge in [-0.25, -0.2) is 0 Å². The van der Waals surface area contributed by atoms with Crippen LogP contribution >= 0.6 is 0 Å². The van der Waals surface area contributed by atoms with E-state index in [2.05, 4.69) is 10.1 Å². The summed E-state index contributed by atoms with van der Waals surface area (Å²) >= 11 is 0. The molecule has 66 valence electrons. The smallest absolute Gasteiger partial charge is 0.325 e. The fraction of sp³-hybridized carbons (Fsp3) is 0.857. The van der Waals surface area contributed by atoms with Crippen molar-refractivity contribution < 1.29 is 14.3 Å². The summed E-state index contributed by atoms with van der Waals surface area (Å²) in [4.78, 5) is 10.9. The van der Waals surface area contributed by atoms with Crippen molar-refractivity contribution in [1.82, 2.24) is 5.32 Å². The highest BCUT2D eigenvalue weighted by molar-refractivity contribution is 5.75. The predicted molar refractivity (Wildman–Crippen MR) is 41.4 cm³/mol. The summed E-state index contributed by atoms with van der Waals surface area (Å²) in [6.07, 6.45) is 0. The lowest BCUT2D eigenvalue weighted by atomic mass is 10.3. The molecule has 0 amide bonds. The van der Waals surface area contributed by atoms with Gasteiger partial charge in [0.1, 0.15) is 6.04 Å². The second kappa shape index (κ2) is 6.12. The van der Waals surface area contributed by atoms with E-state index >= 15 is 0 Å². The van der Waals surface area contributed by atoms with Gasteiger partial charge in [0.2, 0.25) is 0 Å². The molecule has 0 unspecified atom stereocenters. The van der Waals surface area contributed by atoms with Gasteiger partial charge in [0.05, 0.1) is 13.7 Å². The van der Waals surface area contributed by atoms with Crippen LogP contribution < -0.4 is 5.32 Å². The highest BCUT2D eigenvalue weighted by Gasteiger charge is 2.15. The summed E-state index contributed by atoms with van der Waals surface area (Å²) in [6, 6.07) is -0.347. The van der Waals surface area contributed by atoms with Crippen molar-refractivity contribution in [1.29, 1.82) is 0 Å². The number of rotatable bonds is 5. The topological polar surface area (TPSA) is 47.6 Å². The number of nitrogens with one attached hydrogen (secondary N) is 1. The van der Waals surface area contributed by atoms with Crippen molar-refractivity contribution in [2.45, 2.75) is 13.0 Å². The van der Waals surface area contributed by atoms with Gasteiger partial charge in [-0.1, -0.05) is 0 Å². The molecule has 0 aromatic carbocycles. The number of esters is 1. The van der Waals surface area contributed by atoms with E-state index < -0.39 is 0 Å². The quantitative estimate of drug-likeness (QED) is 0.566. The van der Waals surface area contributed by atoms with Crippen LogP contribution in [0.5, 0.6) is 0 Å². The van der Waals surface area contributed by atoms with E-state index in [4.69, 9.17) is 4.74 Å². The zero-order valence-corrected chi connectivity index (χ0v) is 7.22. The van der Waals surface area contributed by atoms with Gasteiger partial charge in [-0.05, 0) is 14.0 Å². The number of hydrogen-bond acceptors (Lipinski definition) is 4. The third-order valence-corrected chi connectivity index (χ3v) is 1.32. The average Bonchev–Trinajstić information content (AvgIpc) is 2.05. The first-order valence-corrected chi connectivity index (χ1v) is 3.59. The highest BCUT2D eigenvalue weighted by atomic mass is 16.5. The number of ether oxygens (including phenoxy) is 2. The Hall–Kier alpha value is -0.610. The van der Waals surface area contributed by atoms with E-state index in [1.807, 2.05) is 6.92 Å². The van der Waals surface area contributed by atoms with Crippen LogP contribution in [0.25, 0.3) is 0 Å². The Morgan fingerprint density at radius 3 is 2.64 bits per heavy atom. The van der Waals surface area contributed by atoms with Gasteiger partial charge in [-0.2, -0.15) is 0 Å². The maximum Gasteiger partial charge on any atom is 0.325 e. The highest BCUT2D eigenvalue weighted by Crippen LogP contribution is 1.88. The van der Waals surface area contributed by atoms with Crippen LogP contribution in [0.2, 0.25) is 0 Å². The third-order valence-electron chi connectivity index (χ3n) is 1.32. The first kappa shape index (κ1) is 10.4. The van der Waals surface area contributed by atoms with Gasteiger partial charge in [-0.3, -0.25) is 4.79 Å². The molecule has 0 aliphatic carbocycles. The molecule has 0 aliphatic heterocycles. The molecule has 0 aromatic heterocycles. The van der Waals surface area contributed by atoms with Gasteiger partial charge >= 0.3 is 5.97 Å². The van der Waals surface area contributed by atoms with Crippen LogP contribution in [0.4, 0.5) is 0 Å². The molecular formula is C7H15NO3. The van der Waals surface area contributed by atoms with Gasteiger partial charge < -0.3 is 14.8 Å². The maximum atomic E-state index is 10.9. The molecule has 0 bridgehead atoms. The minimum absolute atomic E-state index is 0.291. The van der Waals surface area contributed by atoms with E-state index in [9.17, 15) is 4.79 Å². The number of likely N-dealkylation sites (N-methyl/N-ethyl adjacent to an activating group) is 1. The lowest BCUT2D eigenvalue weighted by molar-refractivity contribution is -0.144. The van der Waals surface area contributed by atoms with E-state index in [-0.39, 0.29) is 12.0 Å². The van der Waals surface area contributed by atoms with Crippen LogP contribution in [0, 0.1) is 0 Å².